The van der Waals surface area contributed by atoms with E-state index in [9.17, 15) is 0 Å². The summed E-state index contributed by atoms with van der Waals surface area (Å²) in [6, 6.07) is 0.833. The van der Waals surface area contributed by atoms with Crippen molar-refractivity contribution in [2.24, 2.45) is 0 Å². The third kappa shape index (κ3) is 7.98. The van der Waals surface area contributed by atoms with Crippen molar-refractivity contribution in [2.75, 3.05) is 68.4 Å². The number of rotatable bonds is 13. The van der Waals surface area contributed by atoms with Gasteiger partial charge in [-0.2, -0.15) is 0 Å². The fourth-order valence-electron chi connectivity index (χ4n) is 1.98. The molecule has 0 saturated carbocycles. The predicted molar refractivity (Wildman–Crippen MR) is 75.5 cm³/mol. The van der Waals surface area contributed by atoms with Crippen LogP contribution in [0.2, 0.25) is 6.04 Å². The summed E-state index contributed by atoms with van der Waals surface area (Å²) in [5.41, 5.74) is 0. The predicted octanol–water partition coefficient (Wildman–Crippen LogP) is -0.568. The van der Waals surface area contributed by atoms with Gasteiger partial charge in [0, 0.05) is 48.0 Å². The monoisotopic (exact) mass is 296 g/mol. The second-order valence-corrected chi connectivity index (χ2v) is 7.48. The van der Waals surface area contributed by atoms with Gasteiger partial charge in [0.1, 0.15) is 13.1 Å². The summed E-state index contributed by atoms with van der Waals surface area (Å²) in [5, 5.41) is 0. The lowest BCUT2D eigenvalue weighted by molar-refractivity contribution is -0.900. The van der Waals surface area contributed by atoms with Crippen LogP contribution in [0.4, 0.5) is 0 Å². The molecule has 0 aliphatic heterocycles. The molecule has 0 aliphatic rings. The Morgan fingerprint density at radius 1 is 0.737 bits per heavy atom. The van der Waals surface area contributed by atoms with E-state index in [1.54, 1.807) is 35.5 Å². The van der Waals surface area contributed by atoms with Crippen LogP contribution in [-0.4, -0.2) is 77.2 Å². The number of methoxy groups -OCH3 is 2. The molecule has 0 atom stereocenters. The quantitative estimate of drug-likeness (QED) is 0.462. The molecule has 0 fully saturated rings. The van der Waals surface area contributed by atoms with Gasteiger partial charge >= 0.3 is 8.80 Å². The summed E-state index contributed by atoms with van der Waals surface area (Å²) in [7, 11) is 5.99. The lowest BCUT2D eigenvalue weighted by atomic mass is 10.4. The van der Waals surface area contributed by atoms with Crippen LogP contribution in [0.25, 0.3) is 0 Å². The summed E-state index contributed by atoms with van der Waals surface area (Å²) in [6.45, 7) is 4.54. The molecule has 0 aromatic carbocycles. The summed E-state index contributed by atoms with van der Waals surface area (Å²) in [4.78, 5) is 1.47. The minimum absolute atomic E-state index is 0.764. The Morgan fingerprint density at radius 2 is 1.21 bits per heavy atom. The molecule has 0 spiro atoms. The molecule has 0 aromatic rings. The van der Waals surface area contributed by atoms with Gasteiger partial charge in [0.05, 0.1) is 19.8 Å². The first-order chi connectivity index (χ1) is 9.17. The van der Waals surface area contributed by atoms with Gasteiger partial charge in [-0.15, -0.1) is 0 Å². The molecule has 0 heterocycles. The highest BCUT2D eigenvalue weighted by atomic mass is 28.4. The lowest BCUT2D eigenvalue weighted by Crippen LogP contribution is -3.13. The van der Waals surface area contributed by atoms with Crippen LogP contribution in [-0.2, 0) is 22.8 Å². The van der Waals surface area contributed by atoms with E-state index in [4.69, 9.17) is 22.8 Å². The van der Waals surface area contributed by atoms with Gasteiger partial charge in [0.25, 0.3) is 0 Å². The van der Waals surface area contributed by atoms with Gasteiger partial charge in [-0.1, -0.05) is 0 Å². The van der Waals surface area contributed by atoms with E-state index >= 15 is 0 Å². The van der Waals surface area contributed by atoms with Crippen molar-refractivity contribution in [3.8, 4) is 0 Å². The molecule has 7 heteroatoms. The molecule has 0 saturated heterocycles. The molecule has 19 heavy (non-hydrogen) atoms. The average molecular weight is 296 g/mol. The number of ether oxygens (including phenoxy) is 2. The van der Waals surface area contributed by atoms with Crippen molar-refractivity contribution >= 4 is 8.80 Å². The Labute approximate surface area is 118 Å². The van der Waals surface area contributed by atoms with Crippen molar-refractivity contribution in [3.05, 3.63) is 0 Å². The normalized spacial score (nSPS) is 12.3. The first kappa shape index (κ1) is 19.0. The van der Waals surface area contributed by atoms with Crippen LogP contribution in [0.5, 0.6) is 0 Å². The Kier molecular flexibility index (Phi) is 11.8. The van der Waals surface area contributed by atoms with Crippen molar-refractivity contribution in [2.45, 2.75) is 12.5 Å². The van der Waals surface area contributed by atoms with Gasteiger partial charge in [0.2, 0.25) is 0 Å². The summed E-state index contributed by atoms with van der Waals surface area (Å²) in [5.74, 6) is 0. The van der Waals surface area contributed by atoms with E-state index in [0.717, 1.165) is 45.3 Å². The van der Waals surface area contributed by atoms with Crippen LogP contribution < -0.4 is 4.90 Å². The van der Waals surface area contributed by atoms with Crippen LogP contribution in [0.3, 0.4) is 0 Å². The molecule has 0 aliphatic carbocycles. The average Bonchev–Trinajstić information content (AvgIpc) is 2.46. The van der Waals surface area contributed by atoms with Crippen molar-refractivity contribution in [3.63, 3.8) is 0 Å². The largest absolute Gasteiger partial charge is 0.500 e. The Morgan fingerprint density at radius 3 is 1.58 bits per heavy atom. The van der Waals surface area contributed by atoms with Crippen LogP contribution >= 0.6 is 0 Å². The Hall–Kier alpha value is -0.0231. The van der Waals surface area contributed by atoms with E-state index < -0.39 is 8.80 Å². The van der Waals surface area contributed by atoms with E-state index in [1.807, 2.05) is 0 Å². The van der Waals surface area contributed by atoms with Gasteiger partial charge in [-0.25, -0.2) is 0 Å². The molecule has 0 radical (unpaired) electrons. The topological polar surface area (TPSA) is 50.6 Å². The highest BCUT2D eigenvalue weighted by Crippen LogP contribution is 2.13. The van der Waals surface area contributed by atoms with E-state index in [1.165, 1.54) is 4.90 Å². The standard InChI is InChI=1S/C12H29NO5Si/c1-14-10-8-13(9-11-15-2)7-6-12-19(16-3,17-4)18-5/h6-12H2,1-5H3/p+1. The van der Waals surface area contributed by atoms with Crippen molar-refractivity contribution < 1.29 is 27.7 Å². The number of hydrogen-bond acceptors (Lipinski definition) is 5. The third-order valence-corrected chi connectivity index (χ3v) is 6.10. The van der Waals surface area contributed by atoms with Gasteiger partial charge < -0.3 is 27.7 Å². The van der Waals surface area contributed by atoms with Gasteiger partial charge in [-0.05, 0) is 0 Å². The Bertz CT molecular complexity index is 188. The Balaban J connectivity index is 4.07. The first-order valence-corrected chi connectivity index (χ1v) is 8.58. The molecule has 1 N–H and O–H groups in total. The fourth-order valence-corrected chi connectivity index (χ4v) is 3.70. The zero-order chi connectivity index (χ0) is 14.6. The van der Waals surface area contributed by atoms with Crippen LogP contribution in [0.15, 0.2) is 0 Å². The van der Waals surface area contributed by atoms with Crippen LogP contribution in [0.1, 0.15) is 6.42 Å². The highest BCUT2D eigenvalue weighted by molar-refractivity contribution is 6.60. The first-order valence-electron chi connectivity index (χ1n) is 6.65. The minimum atomic E-state index is -2.42. The summed E-state index contributed by atoms with van der Waals surface area (Å²) >= 11 is 0. The number of nitrogens with one attached hydrogen (secondary N) is 1. The molecular formula is C12H30NO5Si+. The second kappa shape index (κ2) is 11.8. The summed E-state index contributed by atoms with van der Waals surface area (Å²) < 4.78 is 26.5. The zero-order valence-corrected chi connectivity index (χ0v) is 14.0. The van der Waals surface area contributed by atoms with E-state index in [2.05, 4.69) is 0 Å². The highest BCUT2D eigenvalue weighted by Gasteiger charge is 2.37. The maximum Gasteiger partial charge on any atom is 0.500 e. The third-order valence-electron chi connectivity index (χ3n) is 3.27. The minimum Gasteiger partial charge on any atom is -0.379 e. The lowest BCUT2D eigenvalue weighted by Gasteiger charge is -2.25. The molecule has 116 valence electrons. The smallest absolute Gasteiger partial charge is 0.379 e. The van der Waals surface area contributed by atoms with Crippen molar-refractivity contribution in [1.82, 2.24) is 0 Å². The van der Waals surface area contributed by atoms with Crippen LogP contribution in [0, 0.1) is 0 Å². The van der Waals surface area contributed by atoms with E-state index in [-0.39, 0.29) is 0 Å². The maximum atomic E-state index is 5.42. The van der Waals surface area contributed by atoms with Gasteiger partial charge in [-0.3, -0.25) is 0 Å². The number of hydrogen-bond donors (Lipinski definition) is 1. The summed E-state index contributed by atoms with van der Waals surface area (Å²) in [6.07, 6.45) is 1.00. The van der Waals surface area contributed by atoms with E-state index in [0.29, 0.717) is 0 Å². The molecular weight excluding hydrogens is 266 g/mol. The second-order valence-electron chi connectivity index (χ2n) is 4.38. The maximum absolute atomic E-state index is 5.42. The van der Waals surface area contributed by atoms with Gasteiger partial charge in [0.15, 0.2) is 0 Å². The molecule has 0 rings (SSSR count). The molecule has 0 aromatic heterocycles. The fraction of sp³-hybridized carbons (Fsp3) is 1.00. The van der Waals surface area contributed by atoms with Crippen molar-refractivity contribution in [1.29, 1.82) is 0 Å². The molecule has 0 bridgehead atoms. The molecule has 0 amide bonds. The zero-order valence-electron chi connectivity index (χ0n) is 13.0. The molecule has 6 nitrogen and oxygen atoms in total. The number of quaternary nitrogens is 1. The SMILES string of the molecule is COCC[NH+](CCC[Si](OC)(OC)OC)CCOC. The molecule has 0 unspecified atom stereocenters.